The van der Waals surface area contributed by atoms with Gasteiger partial charge in [0, 0.05) is 11.0 Å². The van der Waals surface area contributed by atoms with E-state index in [1.54, 1.807) is 12.1 Å². The Balaban J connectivity index is 1.96. The summed E-state index contributed by atoms with van der Waals surface area (Å²) in [4.78, 5) is 12.6. The lowest BCUT2D eigenvalue weighted by molar-refractivity contribution is 0.0972. The van der Waals surface area contributed by atoms with Crippen molar-refractivity contribution in [1.29, 1.82) is 0 Å². The van der Waals surface area contributed by atoms with Crippen LogP contribution in [0.3, 0.4) is 0 Å². The Kier molecular flexibility index (Phi) is 8.25. The molecule has 0 saturated heterocycles. The van der Waals surface area contributed by atoms with Gasteiger partial charge in [0.05, 0.1) is 12.2 Å². The zero-order valence-electron chi connectivity index (χ0n) is 15.8. The highest BCUT2D eigenvalue weighted by atomic mass is 79.9. The summed E-state index contributed by atoms with van der Waals surface area (Å²) < 4.78 is 6.61. The van der Waals surface area contributed by atoms with E-state index in [1.807, 2.05) is 37.3 Å². The maximum absolute atomic E-state index is 12.6. The molecule has 0 aliphatic heterocycles. The molecule has 0 aromatic heterocycles. The van der Waals surface area contributed by atoms with Crippen molar-refractivity contribution in [3.05, 3.63) is 63.6 Å². The topological polar surface area (TPSA) is 50.4 Å². The van der Waals surface area contributed by atoms with Gasteiger partial charge in [-0.15, -0.1) is 0 Å². The molecule has 4 nitrogen and oxygen atoms in total. The molecule has 0 spiro atoms. The maximum atomic E-state index is 12.6. The van der Waals surface area contributed by atoms with Gasteiger partial charge < -0.3 is 10.1 Å². The maximum Gasteiger partial charge on any atom is 0.261 e. The molecule has 0 saturated carbocycles. The Hall–Kier alpha value is -1.92. The van der Waals surface area contributed by atoms with Crippen molar-refractivity contribution >= 4 is 39.2 Å². The number of nitrogens with one attached hydrogen (secondary N) is 2. The standard InChI is InChI=1S/C21H25BrN2O2S/c1-14(2)10-11-26-19-9-8-17(22)12-18(19)20(25)24-21(27)23-13-16-6-4-15(3)5-7-16/h4-9,12,14H,10-11,13H2,1-3H3,(H2,23,24,25,27). The molecule has 2 rings (SSSR count). The summed E-state index contributed by atoms with van der Waals surface area (Å²) in [5.74, 6) is 0.797. The smallest absolute Gasteiger partial charge is 0.261 e. The molecule has 27 heavy (non-hydrogen) atoms. The van der Waals surface area contributed by atoms with Crippen LogP contribution < -0.4 is 15.4 Å². The van der Waals surface area contributed by atoms with E-state index in [4.69, 9.17) is 17.0 Å². The first-order valence-electron chi connectivity index (χ1n) is 8.92. The van der Waals surface area contributed by atoms with Crippen LogP contribution in [0.5, 0.6) is 5.75 Å². The zero-order chi connectivity index (χ0) is 19.8. The highest BCUT2D eigenvalue weighted by molar-refractivity contribution is 9.10. The molecule has 0 fully saturated rings. The minimum absolute atomic E-state index is 0.286. The van der Waals surface area contributed by atoms with Crippen LogP contribution in [0, 0.1) is 12.8 Å². The molecule has 1 amide bonds. The molecule has 2 aromatic rings. The number of hydrogen-bond acceptors (Lipinski definition) is 3. The van der Waals surface area contributed by atoms with Crippen molar-refractivity contribution in [2.75, 3.05) is 6.61 Å². The van der Waals surface area contributed by atoms with E-state index >= 15 is 0 Å². The lowest BCUT2D eigenvalue weighted by Gasteiger charge is -2.14. The van der Waals surface area contributed by atoms with E-state index in [0.717, 1.165) is 16.5 Å². The molecule has 0 unspecified atom stereocenters. The van der Waals surface area contributed by atoms with E-state index < -0.39 is 0 Å². The van der Waals surface area contributed by atoms with Crippen molar-refractivity contribution < 1.29 is 9.53 Å². The zero-order valence-corrected chi connectivity index (χ0v) is 18.2. The Labute approximate surface area is 174 Å². The molecule has 0 bridgehead atoms. The number of halogens is 1. The lowest BCUT2D eigenvalue weighted by atomic mass is 10.1. The molecule has 2 aromatic carbocycles. The van der Waals surface area contributed by atoms with E-state index in [1.165, 1.54) is 5.56 Å². The largest absolute Gasteiger partial charge is 0.493 e. The molecule has 0 atom stereocenters. The van der Waals surface area contributed by atoms with Gasteiger partial charge in [-0.25, -0.2) is 0 Å². The van der Waals surface area contributed by atoms with E-state index in [9.17, 15) is 4.79 Å². The summed E-state index contributed by atoms with van der Waals surface area (Å²) in [5.41, 5.74) is 2.75. The Morgan fingerprint density at radius 3 is 2.56 bits per heavy atom. The van der Waals surface area contributed by atoms with Gasteiger partial charge in [0.25, 0.3) is 5.91 Å². The number of carbonyl (C=O) groups excluding carboxylic acids is 1. The van der Waals surface area contributed by atoms with Gasteiger partial charge in [0.15, 0.2) is 5.11 Å². The molecular weight excluding hydrogens is 424 g/mol. The van der Waals surface area contributed by atoms with Crippen molar-refractivity contribution in [3.63, 3.8) is 0 Å². The summed E-state index contributed by atoms with van der Waals surface area (Å²) in [6.45, 7) is 7.43. The molecular formula is C21H25BrN2O2S. The molecule has 2 N–H and O–H groups in total. The van der Waals surface area contributed by atoms with Crippen LogP contribution in [0.15, 0.2) is 46.9 Å². The van der Waals surface area contributed by atoms with Gasteiger partial charge in [-0.1, -0.05) is 59.6 Å². The van der Waals surface area contributed by atoms with Crippen LogP contribution in [0.1, 0.15) is 41.8 Å². The summed E-state index contributed by atoms with van der Waals surface area (Å²) in [7, 11) is 0. The van der Waals surface area contributed by atoms with Crippen molar-refractivity contribution in [1.82, 2.24) is 10.6 Å². The fraction of sp³-hybridized carbons (Fsp3) is 0.333. The highest BCUT2D eigenvalue weighted by Crippen LogP contribution is 2.23. The number of aryl methyl sites for hydroxylation is 1. The molecule has 144 valence electrons. The fourth-order valence-corrected chi connectivity index (χ4v) is 2.84. The third-order valence-electron chi connectivity index (χ3n) is 3.94. The van der Waals surface area contributed by atoms with Crippen LogP contribution in [-0.2, 0) is 6.54 Å². The quantitative estimate of drug-likeness (QED) is 0.585. The van der Waals surface area contributed by atoms with Gasteiger partial charge in [-0.05, 0) is 55.2 Å². The van der Waals surface area contributed by atoms with Crippen LogP contribution in [0.4, 0.5) is 0 Å². The SMILES string of the molecule is Cc1ccc(CNC(=S)NC(=O)c2cc(Br)ccc2OCCC(C)C)cc1. The first kappa shape index (κ1) is 21.4. The molecule has 0 radical (unpaired) electrons. The monoisotopic (exact) mass is 448 g/mol. The summed E-state index contributed by atoms with van der Waals surface area (Å²) in [5, 5.41) is 6.07. The molecule has 6 heteroatoms. The second-order valence-electron chi connectivity index (χ2n) is 6.79. The number of hydrogen-bond donors (Lipinski definition) is 2. The number of carbonyl (C=O) groups is 1. The van der Waals surface area contributed by atoms with Crippen molar-refractivity contribution in [3.8, 4) is 5.75 Å². The highest BCUT2D eigenvalue weighted by Gasteiger charge is 2.15. The lowest BCUT2D eigenvalue weighted by Crippen LogP contribution is -2.39. The second-order valence-corrected chi connectivity index (χ2v) is 8.12. The predicted octanol–water partition coefficient (Wildman–Crippen LogP) is 4.99. The minimum Gasteiger partial charge on any atom is -0.493 e. The van der Waals surface area contributed by atoms with Gasteiger partial charge in [-0.2, -0.15) is 0 Å². The van der Waals surface area contributed by atoms with E-state index in [-0.39, 0.29) is 11.0 Å². The second kappa shape index (κ2) is 10.4. The summed E-state index contributed by atoms with van der Waals surface area (Å²) >= 11 is 8.66. The van der Waals surface area contributed by atoms with Crippen LogP contribution in [0.2, 0.25) is 0 Å². The Bertz CT molecular complexity index is 791. The minimum atomic E-state index is -0.294. The third-order valence-corrected chi connectivity index (χ3v) is 4.68. The Morgan fingerprint density at radius 2 is 1.89 bits per heavy atom. The van der Waals surface area contributed by atoms with Crippen LogP contribution >= 0.6 is 28.1 Å². The first-order chi connectivity index (χ1) is 12.8. The number of amides is 1. The van der Waals surface area contributed by atoms with E-state index in [0.29, 0.717) is 30.4 Å². The number of thiocarbonyl (C=S) groups is 1. The summed E-state index contributed by atoms with van der Waals surface area (Å²) in [6.07, 6.45) is 0.924. The average molecular weight is 449 g/mol. The van der Waals surface area contributed by atoms with Crippen molar-refractivity contribution in [2.24, 2.45) is 5.92 Å². The molecule has 0 heterocycles. The first-order valence-corrected chi connectivity index (χ1v) is 10.1. The van der Waals surface area contributed by atoms with Crippen LogP contribution in [-0.4, -0.2) is 17.6 Å². The van der Waals surface area contributed by atoms with Gasteiger partial charge >= 0.3 is 0 Å². The fourth-order valence-electron chi connectivity index (χ4n) is 2.31. The molecule has 0 aliphatic rings. The van der Waals surface area contributed by atoms with E-state index in [2.05, 4.69) is 40.4 Å². The number of rotatable bonds is 7. The third kappa shape index (κ3) is 7.31. The summed E-state index contributed by atoms with van der Waals surface area (Å²) in [6, 6.07) is 13.5. The number of benzene rings is 2. The predicted molar refractivity (Wildman–Crippen MR) is 117 cm³/mol. The average Bonchev–Trinajstić information content (AvgIpc) is 2.62. The molecule has 0 aliphatic carbocycles. The Morgan fingerprint density at radius 1 is 1.19 bits per heavy atom. The van der Waals surface area contributed by atoms with Crippen LogP contribution in [0.25, 0.3) is 0 Å². The van der Waals surface area contributed by atoms with Gasteiger partial charge in [0.2, 0.25) is 0 Å². The van der Waals surface area contributed by atoms with Gasteiger partial charge in [-0.3, -0.25) is 10.1 Å². The number of ether oxygens (including phenoxy) is 1. The van der Waals surface area contributed by atoms with Crippen molar-refractivity contribution in [2.45, 2.75) is 33.7 Å². The van der Waals surface area contributed by atoms with Gasteiger partial charge in [0.1, 0.15) is 5.75 Å². The normalized spacial score (nSPS) is 10.6.